The van der Waals surface area contributed by atoms with Gasteiger partial charge in [-0.1, -0.05) is 0 Å². The van der Waals surface area contributed by atoms with Crippen LogP contribution in [-0.4, -0.2) is 22.1 Å². The molecule has 0 saturated carbocycles. The minimum atomic E-state index is -0.120. The molecule has 0 aliphatic heterocycles. The monoisotopic (exact) mass is 464 g/mol. The topological polar surface area (TPSA) is 93.5 Å². The number of rotatable bonds is 7. The van der Waals surface area contributed by atoms with Crippen molar-refractivity contribution >= 4 is 40.2 Å². The molecule has 32 heavy (non-hydrogen) atoms. The Hall–Kier alpha value is -3.17. The van der Waals surface area contributed by atoms with E-state index in [1.165, 1.54) is 16.6 Å². The molecular weight excluding hydrogens is 444 g/mol. The summed E-state index contributed by atoms with van der Waals surface area (Å²) in [7, 11) is 0. The fraction of sp³-hybridized carbons (Fsp3) is 0.217. The average Bonchev–Trinajstić information content (AvgIpc) is 3.56. The van der Waals surface area contributed by atoms with Crippen molar-refractivity contribution in [1.82, 2.24) is 15.3 Å². The lowest BCUT2D eigenvalue weighted by Crippen LogP contribution is -2.23. The first kappa shape index (κ1) is 20.7. The molecule has 4 heterocycles. The first-order valence-electron chi connectivity index (χ1n) is 10.3. The second-order valence-electron chi connectivity index (χ2n) is 7.20. The molecule has 0 fully saturated rings. The average molecular weight is 465 g/mol. The van der Waals surface area contributed by atoms with Gasteiger partial charge in [-0.25, -0.2) is 15.0 Å². The Morgan fingerprint density at radius 1 is 1.19 bits per heavy atom. The number of thiophene rings is 1. The van der Waals surface area contributed by atoms with Gasteiger partial charge in [-0.3, -0.25) is 4.79 Å². The Kier molecular flexibility index (Phi) is 6.17. The first-order valence-corrected chi connectivity index (χ1v) is 11.9. The van der Waals surface area contributed by atoms with E-state index in [1.54, 1.807) is 42.3 Å². The molecule has 162 valence electrons. The minimum absolute atomic E-state index is 0.120. The predicted octanol–water partition coefficient (Wildman–Crippen LogP) is 5.43. The largest absolute Gasteiger partial charge is 0.467 e. The Labute approximate surface area is 193 Å². The van der Waals surface area contributed by atoms with Gasteiger partial charge < -0.3 is 14.2 Å². The molecule has 0 saturated heterocycles. The number of carbonyl (C=O) groups excluding carboxylic acids is 1. The minimum Gasteiger partial charge on any atom is -0.467 e. The van der Waals surface area contributed by atoms with Crippen LogP contribution in [0.2, 0.25) is 0 Å². The fourth-order valence-electron chi connectivity index (χ4n) is 3.55. The maximum atomic E-state index is 13.1. The second kappa shape index (κ2) is 9.54. The maximum absolute atomic E-state index is 13.1. The zero-order valence-electron chi connectivity index (χ0n) is 17.1. The van der Waals surface area contributed by atoms with Crippen LogP contribution in [0.1, 0.15) is 45.2 Å². The number of furan rings is 2. The number of aliphatic imine (C=N–C) groups is 1. The molecule has 4 aromatic heterocycles. The smallest absolute Gasteiger partial charge is 0.255 e. The van der Waals surface area contributed by atoms with Crippen LogP contribution in [0.15, 0.2) is 73.1 Å². The van der Waals surface area contributed by atoms with Crippen molar-refractivity contribution in [3.8, 4) is 0 Å². The number of hydrogen-bond donors (Lipinski definition) is 1. The summed E-state index contributed by atoms with van der Waals surface area (Å²) in [6.45, 7) is 0.347. The highest BCUT2D eigenvalue weighted by Crippen LogP contribution is 2.40. The lowest BCUT2D eigenvalue weighted by atomic mass is 9.95. The Balaban J connectivity index is 1.35. The highest BCUT2D eigenvalue weighted by molar-refractivity contribution is 7.99. The Morgan fingerprint density at radius 3 is 2.91 bits per heavy atom. The van der Waals surface area contributed by atoms with E-state index in [0.717, 1.165) is 37.0 Å². The SMILES string of the molecule is O=C(NCc1ccco1)c1c(N=Cc2ccc(Sc3ncccn3)o2)sc2c1CCCC2. The zero-order valence-corrected chi connectivity index (χ0v) is 18.7. The molecule has 1 aliphatic rings. The second-order valence-corrected chi connectivity index (χ2v) is 9.26. The van der Waals surface area contributed by atoms with Crippen LogP contribution in [0.4, 0.5) is 5.00 Å². The van der Waals surface area contributed by atoms with Crippen molar-refractivity contribution in [2.75, 3.05) is 0 Å². The third-order valence-corrected chi connectivity index (χ3v) is 7.04. The van der Waals surface area contributed by atoms with Gasteiger partial charge in [0.05, 0.1) is 24.6 Å². The van der Waals surface area contributed by atoms with Gasteiger partial charge in [0.25, 0.3) is 5.91 Å². The van der Waals surface area contributed by atoms with E-state index in [9.17, 15) is 4.79 Å². The number of nitrogens with zero attached hydrogens (tertiary/aromatic N) is 3. The van der Waals surface area contributed by atoms with Crippen LogP contribution in [0, 0.1) is 0 Å². The molecule has 4 aromatic rings. The van der Waals surface area contributed by atoms with E-state index in [1.807, 2.05) is 24.3 Å². The molecule has 0 radical (unpaired) electrons. The maximum Gasteiger partial charge on any atom is 0.255 e. The van der Waals surface area contributed by atoms with Gasteiger partial charge in [0.15, 0.2) is 10.2 Å². The molecule has 0 aromatic carbocycles. The molecule has 0 atom stereocenters. The summed E-state index contributed by atoms with van der Waals surface area (Å²) in [5, 5.41) is 4.98. The summed E-state index contributed by atoms with van der Waals surface area (Å²) >= 11 is 2.94. The van der Waals surface area contributed by atoms with Crippen LogP contribution in [0.5, 0.6) is 0 Å². The lowest BCUT2D eigenvalue weighted by Gasteiger charge is -2.12. The summed E-state index contributed by atoms with van der Waals surface area (Å²) in [5.41, 5.74) is 1.80. The molecule has 0 bridgehead atoms. The molecular formula is C23H20N4O3S2. The van der Waals surface area contributed by atoms with Crippen LogP contribution < -0.4 is 5.32 Å². The number of aryl methyl sites for hydroxylation is 1. The van der Waals surface area contributed by atoms with Crippen molar-refractivity contribution in [3.05, 3.63) is 76.5 Å². The number of carbonyl (C=O) groups is 1. The highest BCUT2D eigenvalue weighted by Gasteiger charge is 2.25. The van der Waals surface area contributed by atoms with Gasteiger partial charge >= 0.3 is 0 Å². The number of hydrogen-bond acceptors (Lipinski definition) is 8. The van der Waals surface area contributed by atoms with Gasteiger partial charge in [-0.05, 0) is 73.3 Å². The van der Waals surface area contributed by atoms with E-state index in [0.29, 0.717) is 33.1 Å². The summed E-state index contributed by atoms with van der Waals surface area (Å²) in [6.07, 6.45) is 10.8. The van der Waals surface area contributed by atoms with E-state index >= 15 is 0 Å². The number of nitrogens with one attached hydrogen (secondary N) is 1. The summed E-state index contributed by atoms with van der Waals surface area (Å²) in [6, 6.07) is 9.13. The van der Waals surface area contributed by atoms with Gasteiger partial charge in [-0.15, -0.1) is 11.3 Å². The van der Waals surface area contributed by atoms with Crippen molar-refractivity contribution in [2.45, 2.75) is 42.5 Å². The molecule has 1 aliphatic carbocycles. The molecule has 0 unspecified atom stereocenters. The molecule has 1 N–H and O–H groups in total. The number of aromatic nitrogens is 2. The Bertz CT molecular complexity index is 1230. The summed E-state index contributed by atoms with van der Waals surface area (Å²) < 4.78 is 11.2. The summed E-state index contributed by atoms with van der Waals surface area (Å²) in [4.78, 5) is 27.3. The third-order valence-electron chi connectivity index (χ3n) is 5.03. The fourth-order valence-corrected chi connectivity index (χ4v) is 5.47. The van der Waals surface area contributed by atoms with Gasteiger partial charge in [0, 0.05) is 17.3 Å². The van der Waals surface area contributed by atoms with Crippen molar-refractivity contribution in [1.29, 1.82) is 0 Å². The van der Waals surface area contributed by atoms with Crippen molar-refractivity contribution in [2.24, 2.45) is 4.99 Å². The van der Waals surface area contributed by atoms with E-state index < -0.39 is 0 Å². The zero-order chi connectivity index (χ0) is 21.8. The van der Waals surface area contributed by atoms with Gasteiger partial charge in [0.2, 0.25) is 0 Å². The molecule has 9 heteroatoms. The quantitative estimate of drug-likeness (QED) is 0.289. The third kappa shape index (κ3) is 4.68. The van der Waals surface area contributed by atoms with Crippen molar-refractivity contribution < 1.29 is 13.6 Å². The number of amides is 1. The standard InChI is InChI=1S/C23H20N4O3S2/c28-21(26-13-15-5-3-12-29-15)20-17-6-1-2-7-18(17)31-22(20)27-14-16-8-9-19(30-16)32-23-24-10-4-11-25-23/h3-5,8-12,14H,1-2,6-7,13H2,(H,26,28). The lowest BCUT2D eigenvalue weighted by molar-refractivity contribution is 0.0948. The Morgan fingerprint density at radius 2 is 2.06 bits per heavy atom. The van der Waals surface area contributed by atoms with E-state index in [2.05, 4.69) is 20.3 Å². The van der Waals surface area contributed by atoms with Crippen LogP contribution in [-0.2, 0) is 19.4 Å². The predicted molar refractivity (Wildman–Crippen MR) is 123 cm³/mol. The molecule has 1 amide bonds. The molecule has 7 nitrogen and oxygen atoms in total. The van der Waals surface area contributed by atoms with E-state index in [4.69, 9.17) is 8.83 Å². The van der Waals surface area contributed by atoms with Crippen LogP contribution >= 0.6 is 23.1 Å². The summed E-state index contributed by atoms with van der Waals surface area (Å²) in [5.74, 6) is 1.21. The normalized spacial score (nSPS) is 13.4. The number of fused-ring (bicyclic) bond motifs is 1. The first-order chi connectivity index (χ1) is 15.8. The van der Waals surface area contributed by atoms with Gasteiger partial charge in [-0.2, -0.15) is 0 Å². The van der Waals surface area contributed by atoms with Crippen LogP contribution in [0.3, 0.4) is 0 Å². The molecule has 5 rings (SSSR count). The molecule has 0 spiro atoms. The van der Waals surface area contributed by atoms with E-state index in [-0.39, 0.29) is 5.91 Å². The highest BCUT2D eigenvalue weighted by atomic mass is 32.2. The van der Waals surface area contributed by atoms with Crippen molar-refractivity contribution in [3.63, 3.8) is 0 Å². The van der Waals surface area contributed by atoms with Gasteiger partial charge in [0.1, 0.15) is 16.5 Å². The van der Waals surface area contributed by atoms with Crippen LogP contribution in [0.25, 0.3) is 0 Å².